The van der Waals surface area contributed by atoms with E-state index in [1.54, 1.807) is 16.4 Å². The van der Waals surface area contributed by atoms with Gasteiger partial charge < -0.3 is 4.74 Å². The van der Waals surface area contributed by atoms with Crippen LogP contribution in [0.5, 0.6) is 5.75 Å². The van der Waals surface area contributed by atoms with Crippen molar-refractivity contribution in [3.8, 4) is 5.75 Å². The van der Waals surface area contributed by atoms with Crippen LogP contribution in [-0.4, -0.2) is 31.9 Å². The molecule has 0 unspecified atom stereocenters. The van der Waals surface area contributed by atoms with Crippen molar-refractivity contribution < 1.29 is 13.2 Å². The number of hydrogen-bond donors (Lipinski definition) is 0. The summed E-state index contributed by atoms with van der Waals surface area (Å²) in [5, 5.41) is 1.59. The lowest BCUT2D eigenvalue weighted by Crippen LogP contribution is -2.41. The summed E-state index contributed by atoms with van der Waals surface area (Å²) in [6, 6.07) is 11.2. The summed E-state index contributed by atoms with van der Waals surface area (Å²) < 4.78 is 34.2. The number of rotatable bonds is 6. The quantitative estimate of drug-likeness (QED) is 0.756. The van der Waals surface area contributed by atoms with E-state index in [-0.39, 0.29) is 6.04 Å². The van der Waals surface area contributed by atoms with Crippen LogP contribution < -0.4 is 4.74 Å². The van der Waals surface area contributed by atoms with Crippen LogP contribution in [-0.2, 0) is 10.0 Å². The number of nitrogens with zero attached hydrogens (tertiary/aromatic N) is 1. The molecule has 0 N–H and O–H groups in total. The Morgan fingerprint density at radius 3 is 2.32 bits per heavy atom. The fourth-order valence-corrected chi connectivity index (χ4v) is 5.76. The van der Waals surface area contributed by atoms with Crippen molar-refractivity contribution in [1.82, 2.24) is 4.31 Å². The smallest absolute Gasteiger partial charge is 0.243 e. The Morgan fingerprint density at radius 1 is 1.00 bits per heavy atom. The highest BCUT2D eigenvalue weighted by Gasteiger charge is 2.32. The maximum atomic E-state index is 13.4. The van der Waals surface area contributed by atoms with Gasteiger partial charge in [-0.25, -0.2) is 8.42 Å². The molecule has 0 aliphatic heterocycles. The van der Waals surface area contributed by atoms with E-state index >= 15 is 0 Å². The first-order valence-electron chi connectivity index (χ1n) is 9.26. The third kappa shape index (κ3) is 3.53. The SMILES string of the molecule is CCOc1ccc(S(=O)(=O)N(CC)C2CCCCC2)c2ccccc12. The summed E-state index contributed by atoms with van der Waals surface area (Å²) in [5.41, 5.74) is 0. The summed E-state index contributed by atoms with van der Waals surface area (Å²) in [4.78, 5) is 0.388. The first-order valence-corrected chi connectivity index (χ1v) is 10.7. The molecule has 0 spiro atoms. The molecule has 5 heteroatoms. The molecule has 0 atom stereocenters. The van der Waals surface area contributed by atoms with Gasteiger partial charge >= 0.3 is 0 Å². The lowest BCUT2D eigenvalue weighted by atomic mass is 9.95. The third-order valence-electron chi connectivity index (χ3n) is 5.02. The normalized spacial score (nSPS) is 16.4. The average molecular weight is 362 g/mol. The molecule has 1 saturated carbocycles. The van der Waals surface area contributed by atoms with Gasteiger partial charge in [0.2, 0.25) is 10.0 Å². The van der Waals surface area contributed by atoms with Gasteiger partial charge in [0.15, 0.2) is 0 Å². The predicted octanol–water partition coefficient (Wildman–Crippen LogP) is 4.58. The van der Waals surface area contributed by atoms with Crippen molar-refractivity contribution in [2.45, 2.75) is 56.9 Å². The second-order valence-electron chi connectivity index (χ2n) is 6.54. The van der Waals surface area contributed by atoms with Crippen molar-refractivity contribution in [1.29, 1.82) is 0 Å². The minimum atomic E-state index is -3.53. The first-order chi connectivity index (χ1) is 12.1. The second-order valence-corrected chi connectivity index (χ2v) is 8.40. The van der Waals surface area contributed by atoms with Crippen LogP contribution in [0.4, 0.5) is 0 Å². The number of sulfonamides is 1. The molecule has 3 rings (SSSR count). The van der Waals surface area contributed by atoms with E-state index in [2.05, 4.69) is 0 Å². The van der Waals surface area contributed by atoms with Crippen molar-refractivity contribution >= 4 is 20.8 Å². The van der Waals surface area contributed by atoms with E-state index in [4.69, 9.17) is 4.74 Å². The van der Waals surface area contributed by atoms with Gasteiger partial charge in [0.05, 0.1) is 11.5 Å². The second kappa shape index (κ2) is 7.75. The largest absolute Gasteiger partial charge is 0.493 e. The van der Waals surface area contributed by atoms with E-state index in [1.807, 2.05) is 38.1 Å². The van der Waals surface area contributed by atoms with Gasteiger partial charge in [-0.2, -0.15) is 4.31 Å². The molecular formula is C20H27NO3S. The van der Waals surface area contributed by atoms with Gasteiger partial charge in [0.1, 0.15) is 5.75 Å². The summed E-state index contributed by atoms with van der Waals surface area (Å²) >= 11 is 0. The van der Waals surface area contributed by atoms with Crippen LogP contribution in [0.25, 0.3) is 10.8 Å². The number of benzene rings is 2. The molecule has 0 amide bonds. The van der Waals surface area contributed by atoms with Gasteiger partial charge in [-0.3, -0.25) is 0 Å². The molecule has 25 heavy (non-hydrogen) atoms. The van der Waals surface area contributed by atoms with E-state index < -0.39 is 10.0 Å². The van der Waals surface area contributed by atoms with Gasteiger partial charge in [0.25, 0.3) is 0 Å². The maximum absolute atomic E-state index is 13.4. The molecule has 0 aromatic heterocycles. The molecule has 1 aliphatic rings. The van der Waals surface area contributed by atoms with Crippen LogP contribution in [0.2, 0.25) is 0 Å². The van der Waals surface area contributed by atoms with Gasteiger partial charge in [-0.15, -0.1) is 0 Å². The molecule has 0 saturated heterocycles. The fraction of sp³-hybridized carbons (Fsp3) is 0.500. The van der Waals surface area contributed by atoms with Crippen LogP contribution >= 0.6 is 0 Å². The zero-order valence-corrected chi connectivity index (χ0v) is 15.9. The summed E-state index contributed by atoms with van der Waals surface area (Å²) in [6.07, 6.45) is 5.35. The monoisotopic (exact) mass is 361 g/mol. The zero-order chi connectivity index (χ0) is 17.9. The summed E-state index contributed by atoms with van der Waals surface area (Å²) in [5.74, 6) is 0.734. The topological polar surface area (TPSA) is 46.6 Å². The summed E-state index contributed by atoms with van der Waals surface area (Å²) in [6.45, 7) is 4.93. The Kier molecular flexibility index (Phi) is 5.64. The van der Waals surface area contributed by atoms with Crippen LogP contribution in [0.15, 0.2) is 41.3 Å². The van der Waals surface area contributed by atoms with E-state index in [0.29, 0.717) is 18.0 Å². The molecule has 4 nitrogen and oxygen atoms in total. The van der Waals surface area contributed by atoms with Gasteiger partial charge in [-0.1, -0.05) is 50.5 Å². The molecular weight excluding hydrogens is 334 g/mol. The molecule has 2 aromatic carbocycles. The number of fused-ring (bicyclic) bond motifs is 1. The number of ether oxygens (including phenoxy) is 1. The van der Waals surface area contributed by atoms with Crippen molar-refractivity contribution in [2.75, 3.05) is 13.2 Å². The average Bonchev–Trinajstić information content (AvgIpc) is 2.63. The van der Waals surface area contributed by atoms with E-state index in [1.165, 1.54) is 6.42 Å². The Labute approximate surface area is 150 Å². The van der Waals surface area contributed by atoms with Crippen molar-refractivity contribution in [2.24, 2.45) is 0 Å². The standard InChI is InChI=1S/C20H27NO3S/c1-3-21(16-10-6-5-7-11-16)25(22,23)20-15-14-19(24-4-2)17-12-8-9-13-18(17)20/h8-9,12-16H,3-7,10-11H2,1-2H3. The fourth-order valence-electron chi connectivity index (χ4n) is 3.87. The van der Waals surface area contributed by atoms with Crippen LogP contribution in [0.1, 0.15) is 46.0 Å². The van der Waals surface area contributed by atoms with E-state index in [9.17, 15) is 8.42 Å². The number of hydrogen-bond acceptors (Lipinski definition) is 3. The molecule has 0 radical (unpaired) electrons. The Balaban J connectivity index is 2.09. The zero-order valence-electron chi connectivity index (χ0n) is 15.1. The minimum Gasteiger partial charge on any atom is -0.493 e. The Morgan fingerprint density at radius 2 is 1.68 bits per heavy atom. The van der Waals surface area contributed by atoms with Crippen molar-refractivity contribution in [3.05, 3.63) is 36.4 Å². The van der Waals surface area contributed by atoms with Crippen molar-refractivity contribution in [3.63, 3.8) is 0 Å². The predicted molar refractivity (Wildman–Crippen MR) is 102 cm³/mol. The lowest BCUT2D eigenvalue weighted by molar-refractivity contribution is 0.261. The first kappa shape index (κ1) is 18.2. The molecule has 136 valence electrons. The molecule has 0 bridgehead atoms. The molecule has 1 aliphatic carbocycles. The maximum Gasteiger partial charge on any atom is 0.243 e. The van der Waals surface area contributed by atoms with Crippen LogP contribution in [0.3, 0.4) is 0 Å². The lowest BCUT2D eigenvalue weighted by Gasteiger charge is -2.33. The highest BCUT2D eigenvalue weighted by Crippen LogP contribution is 2.34. The van der Waals surface area contributed by atoms with Gasteiger partial charge in [-0.05, 0) is 31.9 Å². The molecule has 2 aromatic rings. The third-order valence-corrected chi connectivity index (χ3v) is 7.11. The molecule has 1 fully saturated rings. The highest BCUT2D eigenvalue weighted by atomic mass is 32.2. The highest BCUT2D eigenvalue weighted by molar-refractivity contribution is 7.89. The minimum absolute atomic E-state index is 0.120. The summed E-state index contributed by atoms with van der Waals surface area (Å²) in [7, 11) is -3.53. The van der Waals surface area contributed by atoms with E-state index in [0.717, 1.165) is 42.2 Å². The molecule has 0 heterocycles. The Hall–Kier alpha value is -1.59. The Bertz CT molecular complexity index is 826. The van der Waals surface area contributed by atoms with Crippen LogP contribution in [0, 0.1) is 0 Å². The van der Waals surface area contributed by atoms with Gasteiger partial charge in [0, 0.05) is 23.4 Å².